The van der Waals surface area contributed by atoms with E-state index < -0.39 is 5.60 Å². The second-order valence-electron chi connectivity index (χ2n) is 4.87. The number of rotatable bonds is 1. The fourth-order valence-electron chi connectivity index (χ4n) is 2.61. The molecule has 1 aliphatic heterocycles. The van der Waals surface area contributed by atoms with Crippen molar-refractivity contribution in [3.8, 4) is 0 Å². The molecule has 1 saturated heterocycles. The molecular formula is C15H17NO. The molecule has 2 heteroatoms. The van der Waals surface area contributed by atoms with E-state index >= 15 is 0 Å². The number of benzene rings is 2. The Morgan fingerprint density at radius 1 is 1.06 bits per heavy atom. The van der Waals surface area contributed by atoms with E-state index in [1.165, 1.54) is 10.8 Å². The predicted octanol–water partition coefficient (Wildman–Crippen LogP) is 2.41. The summed E-state index contributed by atoms with van der Waals surface area (Å²) < 4.78 is 0. The van der Waals surface area contributed by atoms with Gasteiger partial charge in [0.25, 0.3) is 0 Å². The number of piperidine rings is 1. The first kappa shape index (κ1) is 10.8. The fourth-order valence-corrected chi connectivity index (χ4v) is 2.61. The molecule has 3 rings (SSSR count). The van der Waals surface area contributed by atoms with Crippen LogP contribution < -0.4 is 5.32 Å². The molecule has 2 N–H and O–H groups in total. The van der Waals surface area contributed by atoms with Crippen molar-refractivity contribution in [1.82, 2.24) is 5.32 Å². The molecule has 1 atom stereocenters. The van der Waals surface area contributed by atoms with Gasteiger partial charge in [-0.25, -0.2) is 0 Å². The van der Waals surface area contributed by atoms with Crippen LogP contribution in [0.3, 0.4) is 0 Å². The van der Waals surface area contributed by atoms with Gasteiger partial charge in [0.15, 0.2) is 0 Å². The predicted molar refractivity (Wildman–Crippen MR) is 69.9 cm³/mol. The second-order valence-corrected chi connectivity index (χ2v) is 4.87. The van der Waals surface area contributed by atoms with Gasteiger partial charge in [-0.15, -0.1) is 0 Å². The summed E-state index contributed by atoms with van der Waals surface area (Å²) in [7, 11) is 0. The number of β-amino-alcohol motifs (C(OH)–C–C–N with tert-alkyl or cyclic N) is 1. The molecule has 1 unspecified atom stereocenters. The molecule has 2 aromatic carbocycles. The molecule has 1 fully saturated rings. The van der Waals surface area contributed by atoms with Crippen molar-refractivity contribution in [3.63, 3.8) is 0 Å². The summed E-state index contributed by atoms with van der Waals surface area (Å²) in [6, 6.07) is 14.5. The number of hydrogen-bond acceptors (Lipinski definition) is 2. The Kier molecular flexibility index (Phi) is 2.61. The highest BCUT2D eigenvalue weighted by Gasteiger charge is 2.30. The van der Waals surface area contributed by atoms with E-state index in [9.17, 15) is 5.11 Å². The third-order valence-electron chi connectivity index (χ3n) is 3.65. The van der Waals surface area contributed by atoms with Gasteiger partial charge in [0, 0.05) is 6.54 Å². The summed E-state index contributed by atoms with van der Waals surface area (Å²) in [6.07, 6.45) is 1.88. The third kappa shape index (κ3) is 1.94. The Hall–Kier alpha value is -1.38. The highest BCUT2D eigenvalue weighted by Crippen LogP contribution is 2.30. The van der Waals surface area contributed by atoms with Gasteiger partial charge in [0.2, 0.25) is 0 Å². The van der Waals surface area contributed by atoms with E-state index in [0.717, 1.165) is 24.9 Å². The van der Waals surface area contributed by atoms with E-state index in [1.807, 2.05) is 12.1 Å². The lowest BCUT2D eigenvalue weighted by Crippen LogP contribution is -2.43. The maximum atomic E-state index is 10.6. The van der Waals surface area contributed by atoms with Crippen molar-refractivity contribution in [3.05, 3.63) is 48.0 Å². The van der Waals surface area contributed by atoms with Gasteiger partial charge < -0.3 is 10.4 Å². The van der Waals surface area contributed by atoms with E-state index in [1.54, 1.807) is 0 Å². The van der Waals surface area contributed by atoms with Crippen LogP contribution in [0.5, 0.6) is 0 Å². The lowest BCUT2D eigenvalue weighted by atomic mass is 9.86. The Morgan fingerprint density at radius 2 is 1.88 bits per heavy atom. The van der Waals surface area contributed by atoms with Crippen LogP contribution in [0.4, 0.5) is 0 Å². The fraction of sp³-hybridized carbons (Fsp3) is 0.333. The van der Waals surface area contributed by atoms with Crippen molar-refractivity contribution in [1.29, 1.82) is 0 Å². The van der Waals surface area contributed by atoms with Gasteiger partial charge in [0.1, 0.15) is 5.60 Å². The summed E-state index contributed by atoms with van der Waals surface area (Å²) in [4.78, 5) is 0. The lowest BCUT2D eigenvalue weighted by molar-refractivity contribution is 0.0124. The van der Waals surface area contributed by atoms with Crippen LogP contribution in [-0.2, 0) is 5.60 Å². The van der Waals surface area contributed by atoms with Crippen LogP contribution in [0.1, 0.15) is 18.4 Å². The normalized spacial score (nSPS) is 25.0. The van der Waals surface area contributed by atoms with Gasteiger partial charge >= 0.3 is 0 Å². The number of hydrogen-bond donors (Lipinski definition) is 2. The maximum absolute atomic E-state index is 10.6. The molecule has 2 aromatic rings. The second kappa shape index (κ2) is 4.13. The zero-order valence-electron chi connectivity index (χ0n) is 9.82. The first-order chi connectivity index (χ1) is 8.28. The molecule has 17 heavy (non-hydrogen) atoms. The molecule has 0 aromatic heterocycles. The highest BCUT2D eigenvalue weighted by atomic mass is 16.3. The van der Waals surface area contributed by atoms with Crippen LogP contribution in [0.15, 0.2) is 42.5 Å². The van der Waals surface area contributed by atoms with Gasteiger partial charge in [-0.3, -0.25) is 0 Å². The Bertz CT molecular complexity index is 529. The molecule has 0 radical (unpaired) electrons. The number of nitrogens with one attached hydrogen (secondary N) is 1. The first-order valence-electron chi connectivity index (χ1n) is 6.20. The van der Waals surface area contributed by atoms with E-state index in [0.29, 0.717) is 6.54 Å². The molecule has 0 saturated carbocycles. The van der Waals surface area contributed by atoms with Crippen molar-refractivity contribution in [2.75, 3.05) is 13.1 Å². The zero-order chi connectivity index (χ0) is 11.7. The Labute approximate surface area is 101 Å². The zero-order valence-corrected chi connectivity index (χ0v) is 9.82. The summed E-state index contributed by atoms with van der Waals surface area (Å²) >= 11 is 0. The maximum Gasteiger partial charge on any atom is 0.102 e. The first-order valence-corrected chi connectivity index (χ1v) is 6.20. The molecule has 0 bridgehead atoms. The summed E-state index contributed by atoms with van der Waals surface area (Å²) in [5.74, 6) is 0. The number of aliphatic hydroxyl groups is 1. The Balaban J connectivity index is 2.05. The summed E-state index contributed by atoms with van der Waals surface area (Å²) in [5.41, 5.74) is 0.339. The Morgan fingerprint density at radius 3 is 2.65 bits per heavy atom. The minimum atomic E-state index is -0.692. The van der Waals surface area contributed by atoms with Crippen molar-refractivity contribution in [2.24, 2.45) is 0 Å². The smallest absolute Gasteiger partial charge is 0.102 e. The van der Waals surface area contributed by atoms with Gasteiger partial charge in [-0.2, -0.15) is 0 Å². The highest BCUT2D eigenvalue weighted by molar-refractivity contribution is 5.83. The molecule has 1 aliphatic rings. The van der Waals surface area contributed by atoms with Crippen molar-refractivity contribution >= 4 is 10.8 Å². The van der Waals surface area contributed by atoms with Crippen LogP contribution in [0.25, 0.3) is 10.8 Å². The molecule has 2 nitrogen and oxygen atoms in total. The lowest BCUT2D eigenvalue weighted by Gasteiger charge is -2.33. The third-order valence-corrected chi connectivity index (χ3v) is 3.65. The monoisotopic (exact) mass is 227 g/mol. The molecule has 88 valence electrons. The van der Waals surface area contributed by atoms with Crippen LogP contribution in [0, 0.1) is 0 Å². The van der Waals surface area contributed by atoms with Crippen LogP contribution in [0.2, 0.25) is 0 Å². The molecular weight excluding hydrogens is 210 g/mol. The SMILES string of the molecule is OC1(c2ccc3ccccc3c2)CCCNC1. The van der Waals surface area contributed by atoms with Crippen molar-refractivity contribution in [2.45, 2.75) is 18.4 Å². The summed E-state index contributed by atoms with van der Waals surface area (Å²) in [6.45, 7) is 1.67. The quantitative estimate of drug-likeness (QED) is 0.784. The van der Waals surface area contributed by atoms with E-state index in [4.69, 9.17) is 0 Å². The van der Waals surface area contributed by atoms with Crippen molar-refractivity contribution < 1.29 is 5.11 Å². The average molecular weight is 227 g/mol. The minimum absolute atomic E-state index is 0.658. The van der Waals surface area contributed by atoms with Crippen LogP contribution >= 0.6 is 0 Å². The summed E-state index contributed by atoms with van der Waals surface area (Å²) in [5, 5.41) is 16.3. The molecule has 0 amide bonds. The minimum Gasteiger partial charge on any atom is -0.384 e. The molecule has 0 spiro atoms. The van der Waals surface area contributed by atoms with Gasteiger partial charge in [0.05, 0.1) is 0 Å². The van der Waals surface area contributed by atoms with Crippen LogP contribution in [-0.4, -0.2) is 18.2 Å². The number of fused-ring (bicyclic) bond motifs is 1. The molecule has 1 heterocycles. The topological polar surface area (TPSA) is 32.3 Å². The molecule has 0 aliphatic carbocycles. The average Bonchev–Trinajstić information content (AvgIpc) is 2.39. The van der Waals surface area contributed by atoms with E-state index in [2.05, 4.69) is 35.6 Å². The van der Waals surface area contributed by atoms with Gasteiger partial charge in [-0.05, 0) is 41.8 Å². The largest absolute Gasteiger partial charge is 0.384 e. The van der Waals surface area contributed by atoms with E-state index in [-0.39, 0.29) is 0 Å². The van der Waals surface area contributed by atoms with Gasteiger partial charge in [-0.1, -0.05) is 36.4 Å². The standard InChI is InChI=1S/C15H17NO/c17-15(8-3-9-16-11-15)14-7-6-12-4-1-2-5-13(12)10-14/h1-2,4-7,10,16-17H,3,8-9,11H2.